The highest BCUT2D eigenvalue weighted by molar-refractivity contribution is 7.99. The van der Waals surface area contributed by atoms with Gasteiger partial charge in [-0.05, 0) is 25.6 Å². The third-order valence-corrected chi connectivity index (χ3v) is 3.70. The first-order valence-corrected chi connectivity index (χ1v) is 7.28. The summed E-state index contributed by atoms with van der Waals surface area (Å²) < 4.78 is 5.22. The number of methoxy groups -OCH3 is 1. The Labute approximate surface area is 99.5 Å². The van der Waals surface area contributed by atoms with Gasteiger partial charge in [0.25, 0.3) is 0 Å². The van der Waals surface area contributed by atoms with Crippen LogP contribution in [0.25, 0.3) is 0 Å². The summed E-state index contributed by atoms with van der Waals surface area (Å²) in [7, 11) is 1.78. The van der Waals surface area contributed by atoms with Gasteiger partial charge in [0, 0.05) is 18.4 Å². The van der Waals surface area contributed by atoms with E-state index in [1.165, 1.54) is 25.7 Å². The van der Waals surface area contributed by atoms with Gasteiger partial charge < -0.3 is 10.1 Å². The summed E-state index contributed by atoms with van der Waals surface area (Å²) in [5.41, 5.74) is 0. The van der Waals surface area contributed by atoms with Crippen LogP contribution in [-0.2, 0) is 4.74 Å². The first-order valence-electron chi connectivity index (χ1n) is 5.99. The molecule has 0 aromatic heterocycles. The normalized spacial score (nSPS) is 15.2. The molecule has 0 spiro atoms. The van der Waals surface area contributed by atoms with Crippen LogP contribution in [0.3, 0.4) is 0 Å². The molecule has 0 fully saturated rings. The van der Waals surface area contributed by atoms with E-state index in [4.69, 9.17) is 4.74 Å². The molecule has 0 rings (SSSR count). The zero-order valence-electron chi connectivity index (χ0n) is 10.7. The lowest BCUT2D eigenvalue weighted by Gasteiger charge is -2.18. The predicted molar refractivity (Wildman–Crippen MR) is 70.8 cm³/mol. The number of hydrogen-bond donors (Lipinski definition) is 1. The molecule has 2 unspecified atom stereocenters. The van der Waals surface area contributed by atoms with Crippen LogP contribution in [-0.4, -0.2) is 37.8 Å². The quantitative estimate of drug-likeness (QED) is 0.627. The summed E-state index contributed by atoms with van der Waals surface area (Å²) in [5.74, 6) is 0. The maximum Gasteiger partial charge on any atom is 0.0615 e. The maximum atomic E-state index is 5.22. The topological polar surface area (TPSA) is 21.3 Å². The number of nitrogens with one attached hydrogen (secondary N) is 1. The van der Waals surface area contributed by atoms with Gasteiger partial charge in [-0.3, -0.25) is 0 Å². The van der Waals surface area contributed by atoms with Crippen LogP contribution in [0.4, 0.5) is 0 Å². The molecule has 0 aromatic rings. The van der Waals surface area contributed by atoms with Crippen molar-refractivity contribution in [3.8, 4) is 0 Å². The van der Waals surface area contributed by atoms with Crippen LogP contribution in [0.15, 0.2) is 0 Å². The van der Waals surface area contributed by atoms with Crippen molar-refractivity contribution in [3.63, 3.8) is 0 Å². The lowest BCUT2D eigenvalue weighted by molar-refractivity contribution is 0.161. The molecule has 2 atom stereocenters. The SMILES string of the molecule is CCCCC(COC)NCCC(C)SC. The third-order valence-electron chi connectivity index (χ3n) is 2.66. The minimum atomic E-state index is 0.545. The fourth-order valence-corrected chi connectivity index (χ4v) is 1.86. The zero-order valence-corrected chi connectivity index (χ0v) is 11.5. The lowest BCUT2D eigenvalue weighted by Crippen LogP contribution is -2.34. The first kappa shape index (κ1) is 15.3. The molecule has 3 heteroatoms. The largest absolute Gasteiger partial charge is 0.383 e. The van der Waals surface area contributed by atoms with Gasteiger partial charge >= 0.3 is 0 Å². The van der Waals surface area contributed by atoms with E-state index >= 15 is 0 Å². The highest BCUT2D eigenvalue weighted by atomic mass is 32.2. The molecule has 0 bridgehead atoms. The Hall–Kier alpha value is 0.270. The van der Waals surface area contributed by atoms with Crippen molar-refractivity contribution in [2.45, 2.75) is 50.8 Å². The summed E-state index contributed by atoms with van der Waals surface area (Å²) >= 11 is 1.94. The average molecular weight is 233 g/mol. The van der Waals surface area contributed by atoms with Crippen LogP contribution < -0.4 is 5.32 Å². The number of thioether (sulfide) groups is 1. The molecule has 0 saturated heterocycles. The van der Waals surface area contributed by atoms with Crippen molar-refractivity contribution in [1.82, 2.24) is 5.32 Å². The van der Waals surface area contributed by atoms with Crippen molar-refractivity contribution < 1.29 is 4.74 Å². The van der Waals surface area contributed by atoms with Gasteiger partial charge in [-0.1, -0.05) is 26.7 Å². The van der Waals surface area contributed by atoms with Gasteiger partial charge in [0.2, 0.25) is 0 Å². The van der Waals surface area contributed by atoms with Gasteiger partial charge in [-0.15, -0.1) is 0 Å². The fraction of sp³-hybridized carbons (Fsp3) is 1.00. The summed E-state index contributed by atoms with van der Waals surface area (Å²) in [6.45, 7) is 6.47. The van der Waals surface area contributed by atoms with E-state index in [9.17, 15) is 0 Å². The van der Waals surface area contributed by atoms with Crippen LogP contribution in [0.1, 0.15) is 39.5 Å². The van der Waals surface area contributed by atoms with Crippen LogP contribution in [0.2, 0.25) is 0 Å². The highest BCUT2D eigenvalue weighted by Gasteiger charge is 2.07. The number of hydrogen-bond acceptors (Lipinski definition) is 3. The van der Waals surface area contributed by atoms with Crippen molar-refractivity contribution in [1.29, 1.82) is 0 Å². The van der Waals surface area contributed by atoms with E-state index < -0.39 is 0 Å². The molecule has 2 nitrogen and oxygen atoms in total. The Morgan fingerprint density at radius 3 is 2.60 bits per heavy atom. The summed E-state index contributed by atoms with van der Waals surface area (Å²) in [5, 5.41) is 4.34. The van der Waals surface area contributed by atoms with E-state index in [0.717, 1.165) is 18.4 Å². The molecule has 0 aliphatic carbocycles. The molecule has 0 aliphatic heterocycles. The van der Waals surface area contributed by atoms with Gasteiger partial charge in [-0.2, -0.15) is 11.8 Å². The number of unbranched alkanes of at least 4 members (excludes halogenated alkanes) is 1. The minimum absolute atomic E-state index is 0.545. The lowest BCUT2D eigenvalue weighted by atomic mass is 10.1. The Kier molecular flexibility index (Phi) is 11.0. The Morgan fingerprint density at radius 1 is 1.33 bits per heavy atom. The number of ether oxygens (including phenoxy) is 1. The van der Waals surface area contributed by atoms with Gasteiger partial charge in [0.05, 0.1) is 6.61 Å². The van der Waals surface area contributed by atoms with E-state index in [1.54, 1.807) is 7.11 Å². The smallest absolute Gasteiger partial charge is 0.0615 e. The molecular weight excluding hydrogens is 206 g/mol. The summed E-state index contributed by atoms with van der Waals surface area (Å²) in [4.78, 5) is 0. The van der Waals surface area contributed by atoms with E-state index in [1.807, 2.05) is 11.8 Å². The molecule has 0 heterocycles. The molecule has 1 N–H and O–H groups in total. The monoisotopic (exact) mass is 233 g/mol. The van der Waals surface area contributed by atoms with Crippen molar-refractivity contribution >= 4 is 11.8 Å². The van der Waals surface area contributed by atoms with Crippen LogP contribution in [0.5, 0.6) is 0 Å². The molecule has 15 heavy (non-hydrogen) atoms. The molecule has 92 valence electrons. The maximum absolute atomic E-state index is 5.22. The van der Waals surface area contributed by atoms with Crippen molar-refractivity contribution in [2.24, 2.45) is 0 Å². The van der Waals surface area contributed by atoms with Crippen LogP contribution >= 0.6 is 11.8 Å². The Morgan fingerprint density at radius 2 is 2.07 bits per heavy atom. The second-order valence-corrected chi connectivity index (χ2v) is 5.36. The number of rotatable bonds is 10. The van der Waals surface area contributed by atoms with Gasteiger partial charge in [0.15, 0.2) is 0 Å². The van der Waals surface area contributed by atoms with E-state index in [-0.39, 0.29) is 0 Å². The third kappa shape index (κ3) is 9.21. The predicted octanol–water partition coefficient (Wildman–Crippen LogP) is 2.92. The van der Waals surface area contributed by atoms with Crippen molar-refractivity contribution in [3.05, 3.63) is 0 Å². The molecule has 0 amide bonds. The van der Waals surface area contributed by atoms with Crippen molar-refractivity contribution in [2.75, 3.05) is 26.5 Å². The first-order chi connectivity index (χ1) is 7.24. The van der Waals surface area contributed by atoms with E-state index in [0.29, 0.717) is 6.04 Å². The summed E-state index contributed by atoms with van der Waals surface area (Å²) in [6, 6.07) is 0.545. The van der Waals surface area contributed by atoms with E-state index in [2.05, 4.69) is 25.4 Å². The second kappa shape index (κ2) is 10.8. The summed E-state index contributed by atoms with van der Waals surface area (Å²) in [6.07, 6.45) is 7.21. The Bertz CT molecular complexity index is 133. The minimum Gasteiger partial charge on any atom is -0.383 e. The van der Waals surface area contributed by atoms with Gasteiger partial charge in [0.1, 0.15) is 0 Å². The zero-order chi connectivity index (χ0) is 11.5. The molecular formula is C12H27NOS. The Balaban J connectivity index is 3.55. The average Bonchev–Trinajstić information content (AvgIpc) is 2.25. The molecule has 0 aliphatic rings. The second-order valence-electron chi connectivity index (χ2n) is 4.08. The van der Waals surface area contributed by atoms with Gasteiger partial charge in [-0.25, -0.2) is 0 Å². The fourth-order valence-electron chi connectivity index (χ4n) is 1.50. The molecule has 0 radical (unpaired) electrons. The molecule has 0 aromatic carbocycles. The highest BCUT2D eigenvalue weighted by Crippen LogP contribution is 2.09. The standard InChI is InChI=1S/C12H27NOS/c1-5-6-7-12(10-14-3)13-9-8-11(2)15-4/h11-13H,5-10H2,1-4H3. The van der Waals surface area contributed by atoms with Crippen LogP contribution in [0, 0.1) is 0 Å². The molecule has 0 saturated carbocycles.